The van der Waals surface area contributed by atoms with Crippen molar-refractivity contribution >= 4 is 0 Å². The highest BCUT2D eigenvalue weighted by molar-refractivity contribution is 5.31. The van der Waals surface area contributed by atoms with E-state index >= 15 is 0 Å². The van der Waals surface area contributed by atoms with Crippen molar-refractivity contribution in [2.75, 3.05) is 26.7 Å². The van der Waals surface area contributed by atoms with Crippen LogP contribution in [0.4, 0.5) is 0 Å². The summed E-state index contributed by atoms with van der Waals surface area (Å²) in [6.07, 6.45) is 4.17. The largest absolute Gasteiger partial charge is 0.495 e. The molecule has 1 aromatic heterocycles. The van der Waals surface area contributed by atoms with Gasteiger partial charge in [-0.25, -0.2) is 0 Å². The maximum atomic E-state index is 10.9. The van der Waals surface area contributed by atoms with Gasteiger partial charge in [-0.05, 0) is 44.5 Å². The van der Waals surface area contributed by atoms with Crippen LogP contribution in [0.25, 0.3) is 0 Å². The third-order valence-electron chi connectivity index (χ3n) is 3.78. The molecule has 1 unspecified atom stereocenters. The SMILES string of the molecule is CCN1CCCC(O)(c2ncccc2OC)CC1. The Kier molecular flexibility index (Phi) is 4.19. The molecule has 18 heavy (non-hydrogen) atoms. The molecule has 4 nitrogen and oxygen atoms in total. The predicted octanol–water partition coefficient (Wildman–Crippen LogP) is 1.78. The lowest BCUT2D eigenvalue weighted by Gasteiger charge is -2.27. The Morgan fingerprint density at radius 1 is 1.44 bits per heavy atom. The summed E-state index contributed by atoms with van der Waals surface area (Å²) in [6, 6.07) is 3.70. The van der Waals surface area contributed by atoms with Crippen LogP contribution < -0.4 is 4.74 Å². The zero-order chi connectivity index (χ0) is 13.0. The number of ether oxygens (including phenoxy) is 1. The molecule has 1 saturated heterocycles. The fourth-order valence-corrected chi connectivity index (χ4v) is 2.63. The second-order valence-corrected chi connectivity index (χ2v) is 4.87. The summed E-state index contributed by atoms with van der Waals surface area (Å²) < 4.78 is 5.32. The van der Waals surface area contributed by atoms with Crippen molar-refractivity contribution in [2.24, 2.45) is 0 Å². The van der Waals surface area contributed by atoms with Crippen molar-refractivity contribution in [2.45, 2.75) is 31.8 Å². The first kappa shape index (κ1) is 13.3. The second-order valence-electron chi connectivity index (χ2n) is 4.87. The van der Waals surface area contributed by atoms with Gasteiger partial charge < -0.3 is 14.7 Å². The van der Waals surface area contributed by atoms with Crippen molar-refractivity contribution < 1.29 is 9.84 Å². The van der Waals surface area contributed by atoms with Gasteiger partial charge >= 0.3 is 0 Å². The molecule has 1 aromatic rings. The topological polar surface area (TPSA) is 45.6 Å². The molecular formula is C14H22N2O2. The molecule has 100 valence electrons. The van der Waals surface area contributed by atoms with Gasteiger partial charge in [-0.2, -0.15) is 0 Å². The fraction of sp³-hybridized carbons (Fsp3) is 0.643. The molecule has 1 aliphatic rings. The van der Waals surface area contributed by atoms with Gasteiger partial charge in [0.25, 0.3) is 0 Å². The van der Waals surface area contributed by atoms with Crippen LogP contribution in [-0.4, -0.2) is 41.7 Å². The van der Waals surface area contributed by atoms with E-state index in [-0.39, 0.29) is 0 Å². The second kappa shape index (κ2) is 5.67. The molecule has 0 aliphatic carbocycles. The normalized spacial score (nSPS) is 25.7. The molecule has 4 heteroatoms. The lowest BCUT2D eigenvalue weighted by atomic mass is 9.90. The van der Waals surface area contributed by atoms with E-state index in [1.165, 1.54) is 0 Å². The van der Waals surface area contributed by atoms with Gasteiger partial charge in [-0.1, -0.05) is 6.92 Å². The average Bonchev–Trinajstić information content (AvgIpc) is 2.61. The van der Waals surface area contributed by atoms with Crippen LogP contribution in [0.2, 0.25) is 0 Å². The van der Waals surface area contributed by atoms with Crippen LogP contribution in [0.5, 0.6) is 5.75 Å². The standard InChI is InChI=1S/C14H22N2O2/c1-3-16-10-5-7-14(17,8-11-16)13-12(18-2)6-4-9-15-13/h4,6,9,17H,3,5,7-8,10-11H2,1-2H3. The molecule has 1 atom stereocenters. The van der Waals surface area contributed by atoms with Crippen LogP contribution in [0.15, 0.2) is 18.3 Å². The summed E-state index contributed by atoms with van der Waals surface area (Å²) in [4.78, 5) is 6.71. The van der Waals surface area contributed by atoms with Gasteiger partial charge in [0.2, 0.25) is 0 Å². The van der Waals surface area contributed by atoms with E-state index in [2.05, 4.69) is 16.8 Å². The summed E-state index contributed by atoms with van der Waals surface area (Å²) in [6.45, 7) is 5.15. The molecule has 0 bridgehead atoms. The van der Waals surface area contributed by atoms with E-state index in [4.69, 9.17) is 4.74 Å². The zero-order valence-corrected chi connectivity index (χ0v) is 11.2. The van der Waals surface area contributed by atoms with Gasteiger partial charge in [-0.15, -0.1) is 0 Å². The van der Waals surface area contributed by atoms with E-state index < -0.39 is 5.60 Å². The number of likely N-dealkylation sites (tertiary alicyclic amines) is 1. The minimum atomic E-state index is -0.851. The Morgan fingerprint density at radius 3 is 3.00 bits per heavy atom. The Labute approximate surface area is 109 Å². The van der Waals surface area contributed by atoms with E-state index in [1.54, 1.807) is 13.3 Å². The van der Waals surface area contributed by atoms with Gasteiger partial charge in [0.15, 0.2) is 0 Å². The highest BCUT2D eigenvalue weighted by Gasteiger charge is 2.35. The number of hydrogen-bond acceptors (Lipinski definition) is 4. The number of aromatic nitrogens is 1. The predicted molar refractivity (Wildman–Crippen MR) is 70.7 cm³/mol. The van der Waals surface area contributed by atoms with Crippen LogP contribution in [0, 0.1) is 0 Å². The smallest absolute Gasteiger partial charge is 0.143 e. The van der Waals surface area contributed by atoms with Crippen LogP contribution in [0.3, 0.4) is 0 Å². The molecule has 2 heterocycles. The maximum absolute atomic E-state index is 10.9. The Morgan fingerprint density at radius 2 is 2.28 bits per heavy atom. The lowest BCUT2D eigenvalue weighted by molar-refractivity contribution is 0.0147. The summed E-state index contributed by atoms with van der Waals surface area (Å²) >= 11 is 0. The van der Waals surface area contributed by atoms with Crippen molar-refractivity contribution in [3.8, 4) is 5.75 Å². The van der Waals surface area contributed by atoms with Crippen molar-refractivity contribution in [3.05, 3.63) is 24.0 Å². The van der Waals surface area contributed by atoms with Crippen LogP contribution in [-0.2, 0) is 5.60 Å². The molecule has 0 amide bonds. The van der Waals surface area contributed by atoms with Gasteiger partial charge in [-0.3, -0.25) is 4.98 Å². The van der Waals surface area contributed by atoms with Crippen LogP contribution >= 0.6 is 0 Å². The number of pyridine rings is 1. The van der Waals surface area contributed by atoms with Gasteiger partial charge in [0, 0.05) is 12.7 Å². The summed E-state index contributed by atoms with van der Waals surface area (Å²) in [5.74, 6) is 0.685. The first-order valence-corrected chi connectivity index (χ1v) is 6.64. The van der Waals surface area contributed by atoms with Crippen molar-refractivity contribution in [1.82, 2.24) is 9.88 Å². The Bertz CT molecular complexity index is 397. The third-order valence-corrected chi connectivity index (χ3v) is 3.78. The molecule has 1 aliphatic heterocycles. The molecule has 0 spiro atoms. The highest BCUT2D eigenvalue weighted by atomic mass is 16.5. The molecule has 2 rings (SSSR count). The highest BCUT2D eigenvalue weighted by Crippen LogP contribution is 2.36. The summed E-state index contributed by atoms with van der Waals surface area (Å²) in [5.41, 5.74) is -0.165. The molecule has 0 aromatic carbocycles. The molecule has 0 saturated carbocycles. The fourth-order valence-electron chi connectivity index (χ4n) is 2.63. The summed E-state index contributed by atoms with van der Waals surface area (Å²) in [7, 11) is 1.62. The monoisotopic (exact) mass is 250 g/mol. The van der Waals surface area contributed by atoms with Gasteiger partial charge in [0.1, 0.15) is 17.0 Å². The lowest BCUT2D eigenvalue weighted by Crippen LogP contribution is -2.30. The number of nitrogens with zero attached hydrogens (tertiary/aromatic N) is 2. The maximum Gasteiger partial charge on any atom is 0.143 e. The number of rotatable bonds is 3. The number of aliphatic hydroxyl groups is 1. The minimum absolute atomic E-state index is 0.685. The Balaban J connectivity index is 2.24. The third kappa shape index (κ3) is 2.65. The van der Waals surface area contributed by atoms with Gasteiger partial charge in [0.05, 0.1) is 7.11 Å². The Hall–Kier alpha value is -1.13. The number of methoxy groups -OCH3 is 1. The molecule has 1 fully saturated rings. The average molecular weight is 250 g/mol. The molecule has 1 N–H and O–H groups in total. The van der Waals surface area contributed by atoms with E-state index in [0.29, 0.717) is 17.9 Å². The quantitative estimate of drug-likeness (QED) is 0.888. The number of hydrogen-bond donors (Lipinski definition) is 1. The first-order chi connectivity index (χ1) is 8.69. The molecular weight excluding hydrogens is 228 g/mol. The minimum Gasteiger partial charge on any atom is -0.495 e. The molecule has 0 radical (unpaired) electrons. The summed E-state index contributed by atoms with van der Waals surface area (Å²) in [5, 5.41) is 10.9. The van der Waals surface area contributed by atoms with E-state index in [1.807, 2.05) is 12.1 Å². The van der Waals surface area contributed by atoms with Crippen LogP contribution in [0.1, 0.15) is 31.9 Å². The van der Waals surface area contributed by atoms with E-state index in [0.717, 1.165) is 32.5 Å². The van der Waals surface area contributed by atoms with E-state index in [9.17, 15) is 5.11 Å². The first-order valence-electron chi connectivity index (χ1n) is 6.64. The zero-order valence-electron chi connectivity index (χ0n) is 11.2. The van der Waals surface area contributed by atoms with Crippen molar-refractivity contribution in [1.29, 1.82) is 0 Å². The van der Waals surface area contributed by atoms with Crippen molar-refractivity contribution in [3.63, 3.8) is 0 Å².